The van der Waals surface area contributed by atoms with E-state index >= 15 is 0 Å². The molecular formula is C13H17N5O7. The van der Waals surface area contributed by atoms with Gasteiger partial charge in [0.1, 0.15) is 31.4 Å². The molecule has 12 heteroatoms. The Morgan fingerprint density at radius 2 is 1.80 bits per heavy atom. The minimum atomic E-state index is -0.898. The first-order valence-corrected chi connectivity index (χ1v) is 7.02. The van der Waals surface area contributed by atoms with E-state index in [0.717, 1.165) is 0 Å². The number of hydrogen-bond donors (Lipinski definition) is 2. The fourth-order valence-electron chi connectivity index (χ4n) is 1.74. The summed E-state index contributed by atoms with van der Waals surface area (Å²) in [5, 5.41) is 0. The number of nitrogen functional groups attached to an aromatic ring is 1. The second-order valence-corrected chi connectivity index (χ2v) is 4.59. The van der Waals surface area contributed by atoms with Crippen molar-refractivity contribution in [2.45, 2.75) is 12.7 Å². The molecule has 0 saturated carbocycles. The molecule has 0 saturated heterocycles. The van der Waals surface area contributed by atoms with Crippen molar-refractivity contribution in [3.05, 3.63) is 12.2 Å². The Morgan fingerprint density at radius 3 is 2.40 bits per heavy atom. The number of imidazole rings is 1. The number of anilines is 1. The van der Waals surface area contributed by atoms with Crippen LogP contribution in [-0.2, 0) is 30.3 Å². The summed E-state index contributed by atoms with van der Waals surface area (Å²) in [6.07, 6.45) is -1.15. The van der Waals surface area contributed by atoms with Crippen LogP contribution in [0.2, 0.25) is 0 Å². The lowest BCUT2D eigenvalue weighted by Gasteiger charge is -2.17. The van der Waals surface area contributed by atoms with E-state index in [0.29, 0.717) is 11.2 Å². The summed E-state index contributed by atoms with van der Waals surface area (Å²) >= 11 is 0. The lowest BCUT2D eigenvalue weighted by atomic mass is 10.4. The third-order valence-corrected chi connectivity index (χ3v) is 2.92. The van der Waals surface area contributed by atoms with Crippen molar-refractivity contribution < 1.29 is 33.3 Å². The number of fused-ring (bicyclic) bond motifs is 1. The molecule has 12 nitrogen and oxygen atoms in total. The number of nitrogens with two attached hydrogens (primary N) is 1. The number of nitrogens with zero attached hydrogens (tertiary/aromatic N) is 3. The molecule has 136 valence electrons. The summed E-state index contributed by atoms with van der Waals surface area (Å²) in [4.78, 5) is 37.2. The Bertz CT molecular complexity index is 715. The maximum Gasteiger partial charge on any atom is 0.508 e. The van der Waals surface area contributed by atoms with Gasteiger partial charge in [0.2, 0.25) is 0 Å². The lowest BCUT2D eigenvalue weighted by molar-refractivity contribution is -0.0548. The molecule has 0 aliphatic carbocycles. The molecule has 0 spiro atoms. The Hall–Kier alpha value is -3.15. The van der Waals surface area contributed by atoms with E-state index in [4.69, 9.17) is 19.9 Å². The van der Waals surface area contributed by atoms with Crippen LogP contribution < -0.4 is 5.73 Å². The Balaban J connectivity index is 1.98. The molecule has 0 unspecified atom stereocenters. The van der Waals surface area contributed by atoms with Gasteiger partial charge >= 0.3 is 12.3 Å². The van der Waals surface area contributed by atoms with Gasteiger partial charge < -0.3 is 34.4 Å². The highest BCUT2D eigenvalue weighted by atomic mass is 16.7. The molecule has 0 aromatic carbocycles. The molecule has 0 aliphatic rings. The van der Waals surface area contributed by atoms with Crippen molar-refractivity contribution in [1.29, 1.82) is 0 Å². The summed E-state index contributed by atoms with van der Waals surface area (Å²) in [6, 6.07) is 0. The van der Waals surface area contributed by atoms with Crippen LogP contribution in [0.3, 0.4) is 0 Å². The molecular weight excluding hydrogens is 338 g/mol. The van der Waals surface area contributed by atoms with Gasteiger partial charge in [0, 0.05) is 0 Å². The van der Waals surface area contributed by atoms with Gasteiger partial charge in [-0.15, -0.1) is 0 Å². The largest absolute Gasteiger partial charge is 0.508 e. The van der Waals surface area contributed by atoms with E-state index in [1.807, 2.05) is 0 Å². The minimum Gasteiger partial charge on any atom is -0.438 e. The Labute approximate surface area is 141 Å². The first-order valence-electron chi connectivity index (χ1n) is 7.02. The summed E-state index contributed by atoms with van der Waals surface area (Å²) in [5.41, 5.74) is 6.70. The monoisotopic (exact) mass is 355 g/mol. The van der Waals surface area contributed by atoms with Crippen molar-refractivity contribution in [1.82, 2.24) is 19.9 Å². The molecule has 2 aromatic rings. The zero-order valence-corrected chi connectivity index (χ0v) is 13.6. The summed E-state index contributed by atoms with van der Waals surface area (Å²) in [5.74, 6) is 0.479. The molecule has 2 rings (SSSR count). The highest BCUT2D eigenvalue weighted by molar-refractivity contribution is 5.80. The SMILES string of the molecule is COC(=O)OCC(COC(=O)OC)OCc1nc(N)c2[nH]cnc2n1. The number of aromatic nitrogens is 4. The molecule has 0 fully saturated rings. The van der Waals surface area contributed by atoms with Crippen molar-refractivity contribution in [3.63, 3.8) is 0 Å². The number of nitrogens with one attached hydrogen (secondary N) is 1. The number of ether oxygens (including phenoxy) is 5. The molecule has 25 heavy (non-hydrogen) atoms. The van der Waals surface area contributed by atoms with Crippen LogP contribution in [0.15, 0.2) is 6.33 Å². The molecule has 0 radical (unpaired) electrons. The van der Waals surface area contributed by atoms with E-state index in [2.05, 4.69) is 29.4 Å². The first kappa shape index (κ1) is 18.2. The zero-order valence-electron chi connectivity index (χ0n) is 13.6. The zero-order chi connectivity index (χ0) is 18.2. The fraction of sp³-hybridized carbons (Fsp3) is 0.462. The van der Waals surface area contributed by atoms with Crippen LogP contribution in [0.25, 0.3) is 11.2 Å². The standard InChI is InChI=1S/C13H17N5O7/c1-21-12(19)24-3-7(4-25-13(20)22-2)23-5-8-17-10(14)9-11(18-8)16-6-15-9/h6-7H,3-5H2,1-2H3,(H3,14,15,16,17,18). The van der Waals surface area contributed by atoms with Crippen LogP contribution >= 0.6 is 0 Å². The molecule has 2 aromatic heterocycles. The number of carbonyl (C=O) groups excluding carboxylic acids is 2. The van der Waals surface area contributed by atoms with E-state index in [1.165, 1.54) is 20.5 Å². The third-order valence-electron chi connectivity index (χ3n) is 2.92. The van der Waals surface area contributed by atoms with E-state index in [-0.39, 0.29) is 31.5 Å². The highest BCUT2D eigenvalue weighted by Gasteiger charge is 2.17. The molecule has 3 N–H and O–H groups in total. The Kier molecular flexibility index (Phi) is 6.28. The van der Waals surface area contributed by atoms with Gasteiger partial charge in [-0.05, 0) is 0 Å². The highest BCUT2D eigenvalue weighted by Crippen LogP contribution is 2.13. The molecule has 0 aliphatic heterocycles. The number of hydrogen-bond acceptors (Lipinski definition) is 11. The van der Waals surface area contributed by atoms with Crippen molar-refractivity contribution >= 4 is 29.3 Å². The van der Waals surface area contributed by atoms with E-state index in [1.54, 1.807) is 0 Å². The predicted octanol–water partition coefficient (Wildman–Crippen LogP) is 0.386. The molecule has 2 heterocycles. The van der Waals surface area contributed by atoms with Crippen LogP contribution in [0, 0.1) is 0 Å². The number of H-pyrrole nitrogens is 1. The van der Waals surface area contributed by atoms with Crippen LogP contribution in [0.4, 0.5) is 15.4 Å². The molecule has 0 bridgehead atoms. The topological polar surface area (TPSA) is 161 Å². The molecule has 0 amide bonds. The van der Waals surface area contributed by atoms with Crippen LogP contribution in [0.1, 0.15) is 5.82 Å². The number of aromatic amines is 1. The summed E-state index contributed by atoms with van der Waals surface area (Å²) in [6.45, 7) is -0.514. The maximum absolute atomic E-state index is 11.1. The van der Waals surface area contributed by atoms with Crippen molar-refractivity contribution in [2.75, 3.05) is 33.2 Å². The number of rotatable bonds is 7. The smallest absolute Gasteiger partial charge is 0.438 e. The van der Waals surface area contributed by atoms with Gasteiger partial charge in [0.25, 0.3) is 0 Å². The van der Waals surface area contributed by atoms with Crippen molar-refractivity contribution in [3.8, 4) is 0 Å². The normalized spacial score (nSPS) is 10.7. The fourth-order valence-corrected chi connectivity index (χ4v) is 1.74. The number of carbonyl (C=O) groups is 2. The second-order valence-electron chi connectivity index (χ2n) is 4.59. The van der Waals surface area contributed by atoms with Crippen molar-refractivity contribution in [2.24, 2.45) is 0 Å². The van der Waals surface area contributed by atoms with Crippen LogP contribution in [-0.4, -0.2) is 65.8 Å². The molecule has 0 atom stereocenters. The summed E-state index contributed by atoms with van der Waals surface area (Å²) in [7, 11) is 2.33. The Morgan fingerprint density at radius 1 is 1.16 bits per heavy atom. The van der Waals surface area contributed by atoms with Crippen LogP contribution in [0.5, 0.6) is 0 Å². The van der Waals surface area contributed by atoms with E-state index in [9.17, 15) is 9.59 Å². The van der Waals surface area contributed by atoms with E-state index < -0.39 is 18.4 Å². The predicted molar refractivity (Wildman–Crippen MR) is 81.4 cm³/mol. The minimum absolute atomic E-state index is 0.0767. The second kappa shape index (κ2) is 8.63. The van der Waals surface area contributed by atoms with Gasteiger partial charge in [0.05, 0.1) is 20.5 Å². The number of methoxy groups -OCH3 is 2. The summed E-state index contributed by atoms with van der Waals surface area (Å²) < 4.78 is 23.8. The van der Waals surface area contributed by atoms with Gasteiger partial charge in [-0.25, -0.2) is 24.5 Å². The van der Waals surface area contributed by atoms with Gasteiger partial charge in [0.15, 0.2) is 17.3 Å². The first-order chi connectivity index (χ1) is 12.0. The third kappa shape index (κ3) is 5.17. The average molecular weight is 355 g/mol. The maximum atomic E-state index is 11.1. The quantitative estimate of drug-likeness (QED) is 0.661. The lowest BCUT2D eigenvalue weighted by Crippen LogP contribution is -2.29. The average Bonchev–Trinajstić information content (AvgIpc) is 3.09. The van der Waals surface area contributed by atoms with Gasteiger partial charge in [-0.3, -0.25) is 0 Å². The van der Waals surface area contributed by atoms with Gasteiger partial charge in [-0.1, -0.05) is 0 Å². The van der Waals surface area contributed by atoms with Gasteiger partial charge in [-0.2, -0.15) is 0 Å².